The van der Waals surface area contributed by atoms with Gasteiger partial charge in [0.2, 0.25) is 11.9 Å². The van der Waals surface area contributed by atoms with E-state index in [0.717, 1.165) is 37.5 Å². The molecule has 2 fully saturated rings. The summed E-state index contributed by atoms with van der Waals surface area (Å²) in [7, 11) is 0. The summed E-state index contributed by atoms with van der Waals surface area (Å²) < 4.78 is 19.0. The summed E-state index contributed by atoms with van der Waals surface area (Å²) in [6, 6.07) is 5.60. The van der Waals surface area contributed by atoms with Crippen LogP contribution >= 0.6 is 0 Å². The Labute approximate surface area is 150 Å². The number of anilines is 1. The summed E-state index contributed by atoms with van der Waals surface area (Å²) in [5, 5.41) is 2.89. The molecule has 2 aliphatic heterocycles. The second-order valence-corrected chi connectivity index (χ2v) is 6.63. The third-order valence-electron chi connectivity index (χ3n) is 4.90. The fourth-order valence-electron chi connectivity index (χ4n) is 3.54. The van der Waals surface area contributed by atoms with Gasteiger partial charge in [-0.2, -0.15) is 0 Å². The van der Waals surface area contributed by atoms with Gasteiger partial charge in [0.05, 0.1) is 30.7 Å². The molecule has 0 bridgehead atoms. The van der Waals surface area contributed by atoms with Crippen molar-refractivity contribution in [2.24, 2.45) is 5.92 Å². The van der Waals surface area contributed by atoms with Crippen LogP contribution in [0, 0.1) is 11.7 Å². The third kappa shape index (κ3) is 3.65. The van der Waals surface area contributed by atoms with Gasteiger partial charge in [0.1, 0.15) is 6.10 Å². The molecule has 8 heteroatoms. The number of fused-ring (bicyclic) bond motifs is 1. The summed E-state index contributed by atoms with van der Waals surface area (Å²) in [6.45, 7) is 1.78. The lowest BCUT2D eigenvalue weighted by Crippen LogP contribution is -2.43. The maximum Gasteiger partial charge on any atom is 0.249 e. The molecule has 0 unspecified atom stereocenters. The van der Waals surface area contributed by atoms with Crippen molar-refractivity contribution in [2.75, 3.05) is 18.0 Å². The molecular weight excluding hydrogens is 337 g/mol. The van der Waals surface area contributed by atoms with Gasteiger partial charge in [-0.05, 0) is 30.9 Å². The summed E-state index contributed by atoms with van der Waals surface area (Å²) in [4.78, 5) is 26.6. The SMILES string of the molecule is O=C(NCc1ccccn1)[C@@H]1C[C@@H]2CCN(c3ncc(F)cn3)C[C@@H]2O1. The molecule has 1 N–H and O–H groups in total. The molecule has 0 radical (unpaired) electrons. The van der Waals surface area contributed by atoms with Crippen LogP contribution in [0.4, 0.5) is 10.3 Å². The Hall–Kier alpha value is -2.61. The van der Waals surface area contributed by atoms with Crippen LogP contribution in [0.25, 0.3) is 0 Å². The van der Waals surface area contributed by atoms with Gasteiger partial charge in [0.25, 0.3) is 0 Å². The summed E-state index contributed by atoms with van der Waals surface area (Å²) in [5.74, 6) is 0.286. The molecular formula is C18H20FN5O2. The number of nitrogens with one attached hydrogen (secondary N) is 1. The number of hydrogen-bond donors (Lipinski definition) is 1. The maximum atomic E-state index is 13.0. The quantitative estimate of drug-likeness (QED) is 0.889. The zero-order valence-corrected chi connectivity index (χ0v) is 14.2. The van der Waals surface area contributed by atoms with E-state index in [0.29, 0.717) is 25.0 Å². The van der Waals surface area contributed by atoms with E-state index in [4.69, 9.17) is 4.74 Å². The van der Waals surface area contributed by atoms with Gasteiger partial charge in [0.15, 0.2) is 5.82 Å². The zero-order valence-electron chi connectivity index (χ0n) is 14.2. The number of halogens is 1. The van der Waals surface area contributed by atoms with Crippen molar-refractivity contribution in [3.8, 4) is 0 Å². The molecule has 2 aromatic heterocycles. The van der Waals surface area contributed by atoms with E-state index in [1.165, 1.54) is 0 Å². The summed E-state index contributed by atoms with van der Waals surface area (Å²) >= 11 is 0. The number of aromatic nitrogens is 3. The Morgan fingerprint density at radius 2 is 2.15 bits per heavy atom. The minimum absolute atomic E-state index is 0.0389. The molecule has 0 spiro atoms. The van der Waals surface area contributed by atoms with Crippen LogP contribution in [0.5, 0.6) is 0 Å². The predicted molar refractivity (Wildman–Crippen MR) is 91.7 cm³/mol. The molecule has 0 aliphatic carbocycles. The van der Waals surface area contributed by atoms with Crippen molar-refractivity contribution >= 4 is 11.9 Å². The Kier molecular flexibility index (Phi) is 4.75. The Balaban J connectivity index is 1.32. The molecule has 4 rings (SSSR count). The molecule has 4 heterocycles. The van der Waals surface area contributed by atoms with Gasteiger partial charge in [-0.25, -0.2) is 14.4 Å². The van der Waals surface area contributed by atoms with Crippen LogP contribution < -0.4 is 10.2 Å². The number of nitrogens with zero attached hydrogens (tertiary/aromatic N) is 4. The molecule has 2 aromatic rings. The molecule has 136 valence electrons. The van der Waals surface area contributed by atoms with E-state index in [-0.39, 0.29) is 12.0 Å². The Morgan fingerprint density at radius 1 is 1.31 bits per heavy atom. The number of amides is 1. The number of piperidine rings is 1. The second kappa shape index (κ2) is 7.33. The van der Waals surface area contributed by atoms with Crippen molar-refractivity contribution in [3.05, 3.63) is 48.3 Å². The average Bonchev–Trinajstić information content (AvgIpc) is 3.11. The highest BCUT2D eigenvalue weighted by Gasteiger charge is 2.42. The molecule has 2 saturated heterocycles. The maximum absolute atomic E-state index is 13.0. The van der Waals surface area contributed by atoms with Gasteiger partial charge >= 0.3 is 0 Å². The minimum atomic E-state index is -0.453. The summed E-state index contributed by atoms with van der Waals surface area (Å²) in [5.41, 5.74) is 0.816. The van der Waals surface area contributed by atoms with Crippen molar-refractivity contribution in [1.82, 2.24) is 20.3 Å². The van der Waals surface area contributed by atoms with Gasteiger partial charge in [-0.3, -0.25) is 9.78 Å². The lowest BCUT2D eigenvalue weighted by molar-refractivity contribution is -0.132. The fraction of sp³-hybridized carbons (Fsp3) is 0.444. The van der Waals surface area contributed by atoms with E-state index in [9.17, 15) is 9.18 Å². The van der Waals surface area contributed by atoms with Gasteiger partial charge in [-0.15, -0.1) is 0 Å². The van der Waals surface area contributed by atoms with Crippen LogP contribution in [0.2, 0.25) is 0 Å². The monoisotopic (exact) mass is 357 g/mol. The van der Waals surface area contributed by atoms with Crippen molar-refractivity contribution < 1.29 is 13.9 Å². The molecule has 0 saturated carbocycles. The van der Waals surface area contributed by atoms with Gasteiger partial charge in [-0.1, -0.05) is 6.07 Å². The molecule has 26 heavy (non-hydrogen) atoms. The fourth-order valence-corrected chi connectivity index (χ4v) is 3.54. The first-order valence-electron chi connectivity index (χ1n) is 8.74. The molecule has 1 amide bonds. The number of hydrogen-bond acceptors (Lipinski definition) is 6. The first-order chi connectivity index (χ1) is 12.7. The molecule has 0 aromatic carbocycles. The standard InChI is InChI=1S/C18H20FN5O2/c19-13-8-22-18(23-9-13)24-6-4-12-7-15(26-16(12)11-24)17(25)21-10-14-3-1-2-5-20-14/h1-3,5,8-9,12,15-16H,4,6-7,10-11H2,(H,21,25)/t12-,15-,16-/m0/s1. The second-order valence-electron chi connectivity index (χ2n) is 6.63. The van der Waals surface area contributed by atoms with Crippen LogP contribution in [0.15, 0.2) is 36.8 Å². The zero-order chi connectivity index (χ0) is 17.9. The van der Waals surface area contributed by atoms with E-state index in [1.54, 1.807) is 6.20 Å². The van der Waals surface area contributed by atoms with E-state index in [2.05, 4.69) is 20.3 Å². The number of rotatable bonds is 4. The van der Waals surface area contributed by atoms with Crippen LogP contribution in [0.3, 0.4) is 0 Å². The number of pyridine rings is 1. The topological polar surface area (TPSA) is 80.2 Å². The van der Waals surface area contributed by atoms with Crippen molar-refractivity contribution in [3.63, 3.8) is 0 Å². The molecule has 3 atom stereocenters. The number of ether oxygens (including phenoxy) is 1. The largest absolute Gasteiger partial charge is 0.363 e. The Morgan fingerprint density at radius 3 is 2.92 bits per heavy atom. The molecule has 2 aliphatic rings. The lowest BCUT2D eigenvalue weighted by Gasteiger charge is -2.33. The highest BCUT2D eigenvalue weighted by atomic mass is 19.1. The van der Waals surface area contributed by atoms with E-state index >= 15 is 0 Å². The first kappa shape index (κ1) is 16.8. The van der Waals surface area contributed by atoms with Gasteiger partial charge < -0.3 is 15.0 Å². The highest BCUT2D eigenvalue weighted by Crippen LogP contribution is 2.34. The molecule has 7 nitrogen and oxygen atoms in total. The van der Waals surface area contributed by atoms with Crippen molar-refractivity contribution in [1.29, 1.82) is 0 Å². The van der Waals surface area contributed by atoms with E-state index < -0.39 is 11.9 Å². The van der Waals surface area contributed by atoms with Crippen LogP contribution in [-0.2, 0) is 16.1 Å². The Bertz CT molecular complexity index is 758. The highest BCUT2D eigenvalue weighted by molar-refractivity contribution is 5.81. The van der Waals surface area contributed by atoms with Crippen LogP contribution in [-0.4, -0.2) is 46.2 Å². The normalized spacial score (nSPS) is 25.0. The smallest absolute Gasteiger partial charge is 0.249 e. The third-order valence-corrected chi connectivity index (χ3v) is 4.90. The average molecular weight is 357 g/mol. The van der Waals surface area contributed by atoms with E-state index in [1.807, 2.05) is 23.1 Å². The number of carbonyl (C=O) groups is 1. The first-order valence-corrected chi connectivity index (χ1v) is 8.74. The van der Waals surface area contributed by atoms with Gasteiger partial charge in [0, 0.05) is 19.3 Å². The minimum Gasteiger partial charge on any atom is -0.363 e. The summed E-state index contributed by atoms with van der Waals surface area (Å²) in [6.07, 6.45) is 5.17. The number of carbonyl (C=O) groups excluding carboxylic acids is 1. The lowest BCUT2D eigenvalue weighted by atomic mass is 9.92. The predicted octanol–water partition coefficient (Wildman–Crippen LogP) is 1.31. The van der Waals surface area contributed by atoms with Crippen molar-refractivity contribution in [2.45, 2.75) is 31.6 Å². The van der Waals surface area contributed by atoms with Crippen LogP contribution in [0.1, 0.15) is 18.5 Å².